The second-order valence-corrected chi connectivity index (χ2v) is 7.68. The Kier molecular flexibility index (Phi) is 4.77. The maximum atomic E-state index is 12.3. The number of sulfonamides is 1. The van der Waals surface area contributed by atoms with Gasteiger partial charge in [0.25, 0.3) is 0 Å². The van der Waals surface area contributed by atoms with Gasteiger partial charge in [0, 0.05) is 18.3 Å². The number of amides is 1. The molecule has 20 heavy (non-hydrogen) atoms. The van der Waals surface area contributed by atoms with E-state index in [-0.39, 0.29) is 17.3 Å². The van der Waals surface area contributed by atoms with E-state index in [0.29, 0.717) is 5.69 Å². The molecule has 1 rings (SSSR count). The van der Waals surface area contributed by atoms with Gasteiger partial charge in [-0.05, 0) is 39.0 Å². The smallest absolute Gasteiger partial charge is 0.243 e. The van der Waals surface area contributed by atoms with Crippen molar-refractivity contribution in [3.05, 3.63) is 24.3 Å². The van der Waals surface area contributed by atoms with Crippen molar-refractivity contribution >= 4 is 21.6 Å². The third kappa shape index (κ3) is 4.50. The van der Waals surface area contributed by atoms with Crippen LogP contribution in [0.2, 0.25) is 0 Å². The molecule has 1 aromatic rings. The van der Waals surface area contributed by atoms with Crippen molar-refractivity contribution in [2.45, 2.75) is 31.2 Å². The van der Waals surface area contributed by atoms with E-state index in [1.54, 1.807) is 12.1 Å². The number of nitrogens with zero attached hydrogens (tertiary/aromatic N) is 1. The molecule has 112 valence electrons. The van der Waals surface area contributed by atoms with Gasteiger partial charge in [-0.3, -0.25) is 4.79 Å². The second-order valence-electron chi connectivity index (χ2n) is 5.63. The molecule has 0 radical (unpaired) electrons. The summed E-state index contributed by atoms with van der Waals surface area (Å²) in [5.41, 5.74) is 5.53. The average molecular weight is 299 g/mol. The first-order valence-electron chi connectivity index (χ1n) is 6.15. The molecular formula is C13H21N3O3S. The SMILES string of the molecule is CN(CC(=O)NC(C)(C)C)S(=O)(=O)c1cccc(N)c1. The van der Waals surface area contributed by atoms with Crippen LogP contribution >= 0.6 is 0 Å². The third-order valence-corrected chi connectivity index (χ3v) is 4.25. The van der Waals surface area contributed by atoms with Gasteiger partial charge in [0.1, 0.15) is 0 Å². The first-order chi connectivity index (χ1) is 9.02. The molecule has 1 amide bonds. The van der Waals surface area contributed by atoms with Gasteiger partial charge in [-0.2, -0.15) is 4.31 Å². The van der Waals surface area contributed by atoms with Crippen molar-refractivity contribution in [1.82, 2.24) is 9.62 Å². The monoisotopic (exact) mass is 299 g/mol. The molecule has 0 aromatic heterocycles. The predicted molar refractivity (Wildman–Crippen MR) is 78.6 cm³/mol. The molecule has 0 atom stereocenters. The van der Waals surface area contributed by atoms with Gasteiger partial charge in [-0.15, -0.1) is 0 Å². The molecule has 0 unspecified atom stereocenters. The van der Waals surface area contributed by atoms with E-state index < -0.39 is 15.6 Å². The topological polar surface area (TPSA) is 92.5 Å². The summed E-state index contributed by atoms with van der Waals surface area (Å²) >= 11 is 0. The molecule has 0 spiro atoms. The maximum absolute atomic E-state index is 12.3. The summed E-state index contributed by atoms with van der Waals surface area (Å²) in [7, 11) is -2.36. The van der Waals surface area contributed by atoms with Crippen molar-refractivity contribution in [2.75, 3.05) is 19.3 Å². The predicted octanol–water partition coefficient (Wildman–Crippen LogP) is 0.804. The number of likely N-dealkylation sites (N-methyl/N-ethyl adjacent to an activating group) is 1. The molecule has 0 bridgehead atoms. The first-order valence-corrected chi connectivity index (χ1v) is 7.59. The van der Waals surface area contributed by atoms with Crippen LogP contribution in [0.3, 0.4) is 0 Å². The molecule has 0 aliphatic rings. The van der Waals surface area contributed by atoms with Crippen LogP contribution in [0.25, 0.3) is 0 Å². The van der Waals surface area contributed by atoms with Crippen LogP contribution in [0.5, 0.6) is 0 Å². The van der Waals surface area contributed by atoms with Crippen LogP contribution in [-0.2, 0) is 14.8 Å². The first kappa shape index (κ1) is 16.5. The van der Waals surface area contributed by atoms with Crippen molar-refractivity contribution in [3.8, 4) is 0 Å². The van der Waals surface area contributed by atoms with Gasteiger partial charge in [0.2, 0.25) is 15.9 Å². The fraction of sp³-hybridized carbons (Fsp3) is 0.462. The fourth-order valence-electron chi connectivity index (χ4n) is 1.60. The maximum Gasteiger partial charge on any atom is 0.243 e. The molecule has 6 nitrogen and oxygen atoms in total. The number of rotatable bonds is 4. The van der Waals surface area contributed by atoms with E-state index in [4.69, 9.17) is 5.73 Å². The Balaban J connectivity index is 2.86. The van der Waals surface area contributed by atoms with Gasteiger partial charge in [0.05, 0.1) is 11.4 Å². The molecule has 0 saturated heterocycles. The van der Waals surface area contributed by atoms with Gasteiger partial charge in [-0.25, -0.2) is 8.42 Å². The Morgan fingerprint density at radius 1 is 1.35 bits per heavy atom. The van der Waals surface area contributed by atoms with Crippen molar-refractivity contribution in [3.63, 3.8) is 0 Å². The largest absolute Gasteiger partial charge is 0.399 e. The average Bonchev–Trinajstić information content (AvgIpc) is 2.26. The molecule has 1 aromatic carbocycles. The Morgan fingerprint density at radius 2 is 1.95 bits per heavy atom. The number of carbonyl (C=O) groups excluding carboxylic acids is 1. The molecule has 3 N–H and O–H groups in total. The minimum absolute atomic E-state index is 0.0727. The highest BCUT2D eigenvalue weighted by atomic mass is 32.2. The highest BCUT2D eigenvalue weighted by Crippen LogP contribution is 2.16. The summed E-state index contributed by atoms with van der Waals surface area (Å²) in [6.07, 6.45) is 0. The van der Waals surface area contributed by atoms with E-state index in [9.17, 15) is 13.2 Å². The quantitative estimate of drug-likeness (QED) is 0.804. The molecule has 0 heterocycles. The van der Waals surface area contributed by atoms with E-state index >= 15 is 0 Å². The van der Waals surface area contributed by atoms with Crippen LogP contribution in [-0.4, -0.2) is 37.8 Å². The van der Waals surface area contributed by atoms with Gasteiger partial charge < -0.3 is 11.1 Å². The Bertz CT molecular complexity index is 591. The van der Waals surface area contributed by atoms with Crippen LogP contribution in [0.4, 0.5) is 5.69 Å². The lowest BCUT2D eigenvalue weighted by atomic mass is 10.1. The molecule has 7 heteroatoms. The van der Waals surface area contributed by atoms with E-state index in [1.165, 1.54) is 19.2 Å². The Morgan fingerprint density at radius 3 is 2.45 bits per heavy atom. The third-order valence-electron chi connectivity index (χ3n) is 2.45. The molecular weight excluding hydrogens is 278 g/mol. The molecule has 0 fully saturated rings. The summed E-state index contributed by atoms with van der Waals surface area (Å²) in [5.74, 6) is -0.354. The zero-order chi connectivity index (χ0) is 15.6. The Hall–Kier alpha value is -1.60. The van der Waals surface area contributed by atoms with Gasteiger partial charge in [0.15, 0.2) is 0 Å². The summed E-state index contributed by atoms with van der Waals surface area (Å²) in [6, 6.07) is 5.98. The number of nitrogens with two attached hydrogens (primary N) is 1. The summed E-state index contributed by atoms with van der Waals surface area (Å²) in [4.78, 5) is 11.8. The van der Waals surface area contributed by atoms with Crippen LogP contribution in [0.1, 0.15) is 20.8 Å². The summed E-state index contributed by atoms with van der Waals surface area (Å²) < 4.78 is 25.6. The van der Waals surface area contributed by atoms with E-state index in [2.05, 4.69) is 5.32 Å². The van der Waals surface area contributed by atoms with Crippen LogP contribution in [0, 0.1) is 0 Å². The highest BCUT2D eigenvalue weighted by Gasteiger charge is 2.24. The van der Waals surface area contributed by atoms with Crippen molar-refractivity contribution in [1.29, 1.82) is 0 Å². The number of nitrogen functional groups attached to an aromatic ring is 1. The normalized spacial score (nSPS) is 12.4. The lowest BCUT2D eigenvalue weighted by molar-refractivity contribution is -0.122. The van der Waals surface area contributed by atoms with Crippen LogP contribution in [0.15, 0.2) is 29.2 Å². The fourth-order valence-corrected chi connectivity index (χ4v) is 2.78. The van der Waals surface area contributed by atoms with Gasteiger partial charge in [-0.1, -0.05) is 6.07 Å². The van der Waals surface area contributed by atoms with E-state index in [1.807, 2.05) is 20.8 Å². The number of anilines is 1. The minimum atomic E-state index is -3.72. The zero-order valence-electron chi connectivity index (χ0n) is 12.2. The van der Waals surface area contributed by atoms with Gasteiger partial charge >= 0.3 is 0 Å². The number of nitrogens with one attached hydrogen (secondary N) is 1. The molecule has 0 aliphatic carbocycles. The molecule has 0 saturated carbocycles. The summed E-state index contributed by atoms with van der Waals surface area (Å²) in [5, 5.41) is 2.72. The van der Waals surface area contributed by atoms with E-state index in [0.717, 1.165) is 4.31 Å². The lowest BCUT2D eigenvalue weighted by Crippen LogP contribution is -2.46. The highest BCUT2D eigenvalue weighted by molar-refractivity contribution is 7.89. The van der Waals surface area contributed by atoms with Crippen molar-refractivity contribution in [2.24, 2.45) is 0 Å². The Labute approximate surface area is 120 Å². The molecule has 0 aliphatic heterocycles. The zero-order valence-corrected chi connectivity index (χ0v) is 13.0. The lowest BCUT2D eigenvalue weighted by Gasteiger charge is -2.23. The van der Waals surface area contributed by atoms with Crippen LogP contribution < -0.4 is 11.1 Å². The number of carbonyl (C=O) groups is 1. The standard InChI is InChI=1S/C13H21N3O3S/c1-13(2,3)15-12(17)9-16(4)20(18,19)11-7-5-6-10(14)8-11/h5-8H,9,14H2,1-4H3,(H,15,17). The number of benzene rings is 1. The second kappa shape index (κ2) is 5.80. The number of hydrogen-bond donors (Lipinski definition) is 2. The number of hydrogen-bond acceptors (Lipinski definition) is 4. The summed E-state index contributed by atoms with van der Waals surface area (Å²) in [6.45, 7) is 5.25. The minimum Gasteiger partial charge on any atom is -0.399 e. The van der Waals surface area contributed by atoms with Crippen molar-refractivity contribution < 1.29 is 13.2 Å².